The first kappa shape index (κ1) is 15.7. The smallest absolute Gasteiger partial charge is 0.277 e. The first-order valence-electron chi connectivity index (χ1n) is 6.97. The number of methoxy groups -OCH3 is 1. The van der Waals surface area contributed by atoms with Crippen LogP contribution in [0.1, 0.15) is 25.0 Å². The van der Waals surface area contributed by atoms with Gasteiger partial charge in [0.1, 0.15) is 0 Å². The first-order chi connectivity index (χ1) is 10.6. The van der Waals surface area contributed by atoms with Crippen molar-refractivity contribution in [2.45, 2.75) is 19.3 Å². The second-order valence-corrected chi connectivity index (χ2v) is 5.02. The molecule has 0 fully saturated rings. The number of nitrogens with zero attached hydrogens (tertiary/aromatic N) is 2. The van der Waals surface area contributed by atoms with Crippen LogP contribution in [0.2, 0.25) is 0 Å². The molecule has 1 atom stereocenters. The van der Waals surface area contributed by atoms with Gasteiger partial charge in [0, 0.05) is 23.7 Å². The maximum Gasteiger partial charge on any atom is 0.277 e. The van der Waals surface area contributed by atoms with Gasteiger partial charge in [-0.2, -0.15) is 0 Å². The number of hydrogen-bond donors (Lipinski definition) is 0. The van der Waals surface area contributed by atoms with Crippen LogP contribution in [0, 0.1) is 10.1 Å². The van der Waals surface area contributed by atoms with Gasteiger partial charge in [0.05, 0.1) is 17.6 Å². The Morgan fingerprint density at radius 3 is 2.77 bits per heavy atom. The van der Waals surface area contributed by atoms with Crippen molar-refractivity contribution in [3.8, 4) is 17.0 Å². The van der Waals surface area contributed by atoms with E-state index < -0.39 is 0 Å². The molecule has 22 heavy (non-hydrogen) atoms. The van der Waals surface area contributed by atoms with Gasteiger partial charge in [-0.05, 0) is 24.1 Å². The third kappa shape index (κ3) is 3.31. The fraction of sp³-hybridized carbons (Fsp3) is 0.235. The van der Waals surface area contributed by atoms with Crippen molar-refractivity contribution in [2.24, 2.45) is 0 Å². The zero-order valence-corrected chi connectivity index (χ0v) is 12.7. The molecule has 0 bridgehead atoms. The second kappa shape index (κ2) is 6.85. The van der Waals surface area contributed by atoms with E-state index >= 15 is 0 Å². The van der Waals surface area contributed by atoms with Gasteiger partial charge < -0.3 is 4.74 Å². The minimum atomic E-state index is -0.380. The van der Waals surface area contributed by atoms with Gasteiger partial charge in [-0.1, -0.05) is 25.1 Å². The molecular formula is C17H18N2O3. The van der Waals surface area contributed by atoms with Crippen molar-refractivity contribution >= 4 is 5.69 Å². The molecule has 1 heterocycles. The second-order valence-electron chi connectivity index (χ2n) is 5.02. The third-order valence-corrected chi connectivity index (χ3v) is 3.47. The van der Waals surface area contributed by atoms with E-state index in [0.29, 0.717) is 11.4 Å². The standard InChI is InChI=1S/C17H18N2O3/c1-4-7-12(2)15-10-13(11-17(18-15)22-3)14-8-5-6-9-16(14)19(20)21/h4-6,8-12H,1,7H2,2-3H3/t12-/m0/s1. The summed E-state index contributed by atoms with van der Waals surface area (Å²) in [4.78, 5) is 15.3. The largest absolute Gasteiger partial charge is 0.481 e. The Labute approximate surface area is 129 Å². The van der Waals surface area contributed by atoms with Gasteiger partial charge in [-0.25, -0.2) is 4.98 Å². The van der Waals surface area contributed by atoms with Crippen molar-refractivity contribution in [1.29, 1.82) is 0 Å². The third-order valence-electron chi connectivity index (χ3n) is 3.47. The minimum absolute atomic E-state index is 0.0677. The predicted octanol–water partition coefficient (Wildman–Crippen LogP) is 4.35. The van der Waals surface area contributed by atoms with Gasteiger partial charge in [0.2, 0.25) is 5.88 Å². The molecule has 0 aliphatic heterocycles. The van der Waals surface area contributed by atoms with Crippen LogP contribution in [-0.2, 0) is 0 Å². The Bertz CT molecular complexity index is 698. The fourth-order valence-electron chi connectivity index (χ4n) is 2.29. The van der Waals surface area contributed by atoms with Crippen LogP contribution in [0.25, 0.3) is 11.1 Å². The van der Waals surface area contributed by atoms with E-state index in [9.17, 15) is 10.1 Å². The molecule has 5 heteroatoms. The number of allylic oxidation sites excluding steroid dienone is 1. The summed E-state index contributed by atoms with van der Waals surface area (Å²) in [6, 6.07) is 10.2. The first-order valence-corrected chi connectivity index (χ1v) is 6.97. The number of pyridine rings is 1. The van der Waals surface area contributed by atoms with Crippen molar-refractivity contribution in [3.05, 3.63) is 64.9 Å². The van der Waals surface area contributed by atoms with Crippen molar-refractivity contribution in [3.63, 3.8) is 0 Å². The molecule has 0 saturated heterocycles. The van der Waals surface area contributed by atoms with Crippen LogP contribution < -0.4 is 4.74 Å². The Kier molecular flexibility index (Phi) is 4.88. The number of hydrogen-bond acceptors (Lipinski definition) is 4. The molecule has 0 radical (unpaired) electrons. The van der Waals surface area contributed by atoms with Gasteiger partial charge >= 0.3 is 0 Å². The number of ether oxygens (including phenoxy) is 1. The topological polar surface area (TPSA) is 65.3 Å². The molecule has 0 N–H and O–H groups in total. The number of nitro groups is 1. The van der Waals surface area contributed by atoms with Crippen LogP contribution in [-0.4, -0.2) is 17.0 Å². The zero-order valence-electron chi connectivity index (χ0n) is 12.7. The van der Waals surface area contributed by atoms with Crippen LogP contribution >= 0.6 is 0 Å². The van der Waals surface area contributed by atoms with Gasteiger partial charge in [0.25, 0.3) is 5.69 Å². The predicted molar refractivity (Wildman–Crippen MR) is 86.1 cm³/mol. The lowest BCUT2D eigenvalue weighted by Crippen LogP contribution is -2.00. The highest BCUT2D eigenvalue weighted by Crippen LogP contribution is 2.33. The number of aromatic nitrogens is 1. The number of para-hydroxylation sites is 1. The van der Waals surface area contributed by atoms with Gasteiger partial charge in [-0.3, -0.25) is 10.1 Å². The van der Waals surface area contributed by atoms with E-state index in [4.69, 9.17) is 4.74 Å². The van der Waals surface area contributed by atoms with Gasteiger partial charge in [0.15, 0.2) is 0 Å². The molecule has 0 aliphatic carbocycles. The van der Waals surface area contributed by atoms with Crippen LogP contribution in [0.5, 0.6) is 5.88 Å². The SMILES string of the molecule is C=CC[C@H](C)c1cc(-c2ccccc2[N+](=O)[O-])cc(OC)n1. The monoisotopic (exact) mass is 298 g/mol. The van der Waals surface area contributed by atoms with Crippen LogP contribution in [0.3, 0.4) is 0 Å². The average molecular weight is 298 g/mol. The zero-order chi connectivity index (χ0) is 16.1. The normalized spacial score (nSPS) is 11.7. The van der Waals surface area contributed by atoms with E-state index in [1.54, 1.807) is 24.3 Å². The molecule has 114 valence electrons. The number of nitro benzene ring substituents is 1. The fourth-order valence-corrected chi connectivity index (χ4v) is 2.29. The molecule has 0 saturated carbocycles. The lowest BCUT2D eigenvalue weighted by molar-refractivity contribution is -0.384. The molecule has 1 aromatic heterocycles. The molecular weight excluding hydrogens is 280 g/mol. The van der Waals surface area contributed by atoms with Crippen molar-refractivity contribution in [1.82, 2.24) is 4.98 Å². The van der Waals surface area contributed by atoms with Crippen LogP contribution in [0.4, 0.5) is 5.69 Å². The summed E-state index contributed by atoms with van der Waals surface area (Å²) in [7, 11) is 1.54. The summed E-state index contributed by atoms with van der Waals surface area (Å²) in [6.07, 6.45) is 2.60. The molecule has 2 rings (SSSR count). The van der Waals surface area contributed by atoms with Crippen molar-refractivity contribution < 1.29 is 9.66 Å². The molecule has 2 aromatic rings. The minimum Gasteiger partial charge on any atom is -0.481 e. The highest BCUT2D eigenvalue weighted by Gasteiger charge is 2.17. The maximum atomic E-state index is 11.2. The lowest BCUT2D eigenvalue weighted by atomic mass is 9.98. The molecule has 0 amide bonds. The van der Waals surface area contributed by atoms with E-state index in [-0.39, 0.29) is 16.5 Å². The highest BCUT2D eigenvalue weighted by molar-refractivity contribution is 5.74. The summed E-state index contributed by atoms with van der Waals surface area (Å²) in [5.74, 6) is 0.607. The Morgan fingerprint density at radius 1 is 1.41 bits per heavy atom. The number of rotatable bonds is 6. The summed E-state index contributed by atoms with van der Waals surface area (Å²) in [5, 5.41) is 11.2. The summed E-state index contributed by atoms with van der Waals surface area (Å²) in [6.45, 7) is 5.77. The molecule has 5 nitrogen and oxygen atoms in total. The van der Waals surface area contributed by atoms with Crippen molar-refractivity contribution in [2.75, 3.05) is 7.11 Å². The number of benzene rings is 1. The Balaban J connectivity index is 2.58. The average Bonchev–Trinajstić information content (AvgIpc) is 2.54. The lowest BCUT2D eigenvalue weighted by Gasteiger charge is -2.12. The Hall–Kier alpha value is -2.69. The molecule has 0 unspecified atom stereocenters. The van der Waals surface area contributed by atoms with Crippen LogP contribution in [0.15, 0.2) is 49.1 Å². The van der Waals surface area contributed by atoms with E-state index in [2.05, 4.69) is 11.6 Å². The van der Waals surface area contributed by atoms with Gasteiger partial charge in [-0.15, -0.1) is 6.58 Å². The summed E-state index contributed by atoms with van der Waals surface area (Å²) < 4.78 is 5.24. The Morgan fingerprint density at radius 2 is 2.14 bits per heavy atom. The molecule has 0 aliphatic rings. The quantitative estimate of drug-likeness (QED) is 0.452. The molecule has 0 spiro atoms. The summed E-state index contributed by atoms with van der Waals surface area (Å²) in [5.41, 5.74) is 2.18. The van der Waals surface area contributed by atoms with E-state index in [0.717, 1.165) is 17.7 Å². The van der Waals surface area contributed by atoms with E-state index in [1.807, 2.05) is 19.1 Å². The molecule has 1 aromatic carbocycles. The van der Waals surface area contributed by atoms with E-state index in [1.165, 1.54) is 13.2 Å². The summed E-state index contributed by atoms with van der Waals surface area (Å²) >= 11 is 0. The maximum absolute atomic E-state index is 11.2. The highest BCUT2D eigenvalue weighted by atomic mass is 16.6.